The molecule has 4 N–H and O–H groups in total. The van der Waals surface area contributed by atoms with Gasteiger partial charge < -0.3 is 30.4 Å². The summed E-state index contributed by atoms with van der Waals surface area (Å²) in [5, 5.41) is 5.70. The maximum atomic E-state index is 13.2. The van der Waals surface area contributed by atoms with Crippen LogP contribution in [0.15, 0.2) is 54.9 Å². The standard InChI is InChI=1S/C28H34N6O4/c1-28-13-22(27(37)32-17-20-16-31-26-19(15-29)7-5-11-33(20)26)34(23(28)14-28)25(36)18-30-24(35)10-6-12-38-21-8-3-2-4-9-21/h2-5,7-9,11,16,22-23H,6,10,12-15,17-18,29H2,1H3,(H,30,35)(H,32,37)/t22-,23-,28+/m0/s1. The number of ether oxygens (including phenoxy) is 1. The molecule has 200 valence electrons. The van der Waals surface area contributed by atoms with Crippen LogP contribution in [-0.2, 0) is 27.5 Å². The number of imidazole rings is 1. The largest absolute Gasteiger partial charge is 0.494 e. The van der Waals surface area contributed by atoms with Gasteiger partial charge >= 0.3 is 0 Å². The van der Waals surface area contributed by atoms with Crippen molar-refractivity contribution in [3.8, 4) is 5.75 Å². The highest BCUT2D eigenvalue weighted by Crippen LogP contribution is 2.59. The molecule has 2 aliphatic rings. The molecular formula is C28H34N6O4. The van der Waals surface area contributed by atoms with Gasteiger partial charge in [-0.2, -0.15) is 0 Å². The number of para-hydroxylation sites is 1. The van der Waals surface area contributed by atoms with Crippen LogP contribution in [0.5, 0.6) is 5.75 Å². The Morgan fingerprint density at radius 1 is 1.13 bits per heavy atom. The molecule has 0 spiro atoms. The lowest BCUT2D eigenvalue weighted by Gasteiger charge is -2.27. The maximum Gasteiger partial charge on any atom is 0.243 e. The first kappa shape index (κ1) is 25.7. The monoisotopic (exact) mass is 518 g/mol. The number of fused-ring (bicyclic) bond motifs is 2. The van der Waals surface area contributed by atoms with E-state index in [-0.39, 0.29) is 48.7 Å². The van der Waals surface area contributed by atoms with Crippen LogP contribution in [0, 0.1) is 5.41 Å². The number of pyridine rings is 1. The Balaban J connectivity index is 1.11. The average molecular weight is 519 g/mol. The predicted molar refractivity (Wildman–Crippen MR) is 141 cm³/mol. The topological polar surface area (TPSA) is 131 Å². The number of hydrogen-bond donors (Lipinski definition) is 3. The minimum Gasteiger partial charge on any atom is -0.494 e. The number of nitrogens with one attached hydrogen (secondary N) is 2. The molecule has 10 heteroatoms. The minimum atomic E-state index is -0.554. The van der Waals surface area contributed by atoms with Crippen molar-refractivity contribution in [2.45, 2.75) is 57.8 Å². The summed E-state index contributed by atoms with van der Waals surface area (Å²) >= 11 is 0. The second-order valence-corrected chi connectivity index (χ2v) is 10.3. The van der Waals surface area contributed by atoms with Gasteiger partial charge in [0.05, 0.1) is 31.6 Å². The minimum absolute atomic E-state index is 0.0323. The van der Waals surface area contributed by atoms with Crippen LogP contribution >= 0.6 is 0 Å². The maximum absolute atomic E-state index is 13.2. The summed E-state index contributed by atoms with van der Waals surface area (Å²) in [6.07, 6.45) is 5.91. The molecule has 1 saturated carbocycles. The number of aromatic nitrogens is 2. The van der Waals surface area contributed by atoms with Crippen LogP contribution in [-0.4, -0.2) is 57.2 Å². The highest BCUT2D eigenvalue weighted by Gasteiger charge is 2.64. The highest BCUT2D eigenvalue weighted by molar-refractivity contribution is 5.91. The van der Waals surface area contributed by atoms with Crippen LogP contribution in [0.25, 0.3) is 5.65 Å². The average Bonchev–Trinajstić information content (AvgIpc) is 3.26. The van der Waals surface area contributed by atoms with Crippen molar-refractivity contribution in [1.82, 2.24) is 24.9 Å². The number of carbonyl (C=O) groups excluding carboxylic acids is 3. The molecule has 3 atom stereocenters. The molecule has 1 aromatic carbocycles. The zero-order chi connectivity index (χ0) is 26.7. The second-order valence-electron chi connectivity index (χ2n) is 10.3. The molecule has 3 aromatic rings. The van der Waals surface area contributed by atoms with Gasteiger partial charge in [0.1, 0.15) is 17.4 Å². The molecule has 0 bridgehead atoms. The van der Waals surface area contributed by atoms with Crippen molar-refractivity contribution in [3.63, 3.8) is 0 Å². The van der Waals surface area contributed by atoms with Gasteiger partial charge in [0.2, 0.25) is 17.7 Å². The smallest absolute Gasteiger partial charge is 0.243 e. The number of hydrogen-bond acceptors (Lipinski definition) is 6. The summed E-state index contributed by atoms with van der Waals surface area (Å²) in [6.45, 7) is 3.07. The van der Waals surface area contributed by atoms with Crippen molar-refractivity contribution in [1.29, 1.82) is 0 Å². The van der Waals surface area contributed by atoms with E-state index in [9.17, 15) is 14.4 Å². The van der Waals surface area contributed by atoms with E-state index in [0.717, 1.165) is 29.1 Å². The fourth-order valence-corrected chi connectivity index (χ4v) is 5.36. The van der Waals surface area contributed by atoms with Gasteiger partial charge in [-0.25, -0.2) is 4.98 Å². The number of amides is 3. The van der Waals surface area contributed by atoms with E-state index in [2.05, 4.69) is 22.5 Å². The Morgan fingerprint density at radius 3 is 2.74 bits per heavy atom. The molecule has 1 aliphatic carbocycles. The molecule has 1 aliphatic heterocycles. The fourth-order valence-electron chi connectivity index (χ4n) is 5.36. The molecule has 0 unspecified atom stereocenters. The first-order valence-corrected chi connectivity index (χ1v) is 13.1. The van der Waals surface area contributed by atoms with Gasteiger partial charge in [-0.3, -0.25) is 14.4 Å². The third kappa shape index (κ3) is 5.35. The Morgan fingerprint density at radius 2 is 1.95 bits per heavy atom. The number of nitrogens with two attached hydrogens (primary N) is 1. The van der Waals surface area contributed by atoms with Crippen molar-refractivity contribution in [3.05, 3.63) is 66.1 Å². The summed E-state index contributed by atoms with van der Waals surface area (Å²) in [5.74, 6) is 0.127. The molecule has 3 amide bonds. The lowest BCUT2D eigenvalue weighted by atomic mass is 10.0. The summed E-state index contributed by atoms with van der Waals surface area (Å²) < 4.78 is 7.52. The predicted octanol–water partition coefficient (Wildman–Crippen LogP) is 1.76. The normalized spacial score (nSPS) is 21.7. The number of rotatable bonds is 11. The van der Waals surface area contributed by atoms with E-state index in [1.807, 2.05) is 53.1 Å². The molecule has 10 nitrogen and oxygen atoms in total. The summed E-state index contributed by atoms with van der Waals surface area (Å²) in [7, 11) is 0. The molecular weight excluding hydrogens is 484 g/mol. The zero-order valence-corrected chi connectivity index (χ0v) is 21.6. The van der Waals surface area contributed by atoms with E-state index >= 15 is 0 Å². The number of likely N-dealkylation sites (tertiary alicyclic amines) is 1. The van der Waals surface area contributed by atoms with E-state index in [1.165, 1.54) is 0 Å². The van der Waals surface area contributed by atoms with E-state index < -0.39 is 6.04 Å². The van der Waals surface area contributed by atoms with E-state index in [4.69, 9.17) is 10.5 Å². The number of nitrogens with zero attached hydrogens (tertiary/aromatic N) is 3. The SMILES string of the molecule is C[C@@]12C[C@@H]1N(C(=O)CNC(=O)CCCOc1ccccc1)[C@H](C(=O)NCc1cnc3c(CN)cccn13)C2. The Kier molecular flexibility index (Phi) is 7.33. The third-order valence-electron chi connectivity index (χ3n) is 7.58. The van der Waals surface area contributed by atoms with Crippen molar-refractivity contribution >= 4 is 23.4 Å². The number of benzene rings is 1. The molecule has 38 heavy (non-hydrogen) atoms. The lowest BCUT2D eigenvalue weighted by molar-refractivity contribution is -0.140. The molecule has 0 radical (unpaired) electrons. The van der Waals surface area contributed by atoms with Crippen molar-refractivity contribution in [2.24, 2.45) is 11.1 Å². The van der Waals surface area contributed by atoms with Crippen LogP contribution in [0.1, 0.15) is 43.9 Å². The molecule has 5 rings (SSSR count). The highest BCUT2D eigenvalue weighted by atomic mass is 16.5. The van der Waals surface area contributed by atoms with Gasteiger partial charge in [-0.05, 0) is 42.9 Å². The Bertz CT molecular complexity index is 1330. The first-order chi connectivity index (χ1) is 18.4. The summed E-state index contributed by atoms with van der Waals surface area (Å²) in [5.41, 5.74) is 8.29. The number of piperidine rings is 1. The molecule has 1 saturated heterocycles. The quantitative estimate of drug-likeness (QED) is 0.332. The first-order valence-electron chi connectivity index (χ1n) is 13.1. The van der Waals surface area contributed by atoms with E-state index in [0.29, 0.717) is 26.0 Å². The van der Waals surface area contributed by atoms with Gasteiger partial charge in [0.25, 0.3) is 0 Å². The Hall–Kier alpha value is -3.92. The van der Waals surface area contributed by atoms with Gasteiger partial charge in [-0.15, -0.1) is 0 Å². The fraction of sp³-hybridized carbons (Fsp3) is 0.429. The Labute approximate surface area is 221 Å². The van der Waals surface area contributed by atoms with E-state index in [1.54, 1.807) is 11.1 Å². The molecule has 2 fully saturated rings. The number of carbonyl (C=O) groups is 3. The van der Waals surface area contributed by atoms with Crippen molar-refractivity contribution in [2.75, 3.05) is 13.2 Å². The van der Waals surface area contributed by atoms with Gasteiger partial charge in [0, 0.05) is 30.8 Å². The van der Waals surface area contributed by atoms with Crippen molar-refractivity contribution < 1.29 is 19.1 Å². The van der Waals surface area contributed by atoms with Gasteiger partial charge in [0.15, 0.2) is 0 Å². The summed E-state index contributed by atoms with van der Waals surface area (Å²) in [4.78, 5) is 44.7. The zero-order valence-electron chi connectivity index (χ0n) is 21.6. The van der Waals surface area contributed by atoms with Crippen LogP contribution < -0.4 is 21.1 Å². The lowest BCUT2D eigenvalue weighted by Crippen LogP contribution is -2.50. The van der Waals surface area contributed by atoms with Gasteiger partial charge in [-0.1, -0.05) is 31.2 Å². The van der Waals surface area contributed by atoms with Crippen LogP contribution in [0.2, 0.25) is 0 Å². The van der Waals surface area contributed by atoms with Crippen LogP contribution in [0.3, 0.4) is 0 Å². The molecule has 3 heterocycles. The third-order valence-corrected chi connectivity index (χ3v) is 7.58. The summed E-state index contributed by atoms with van der Waals surface area (Å²) in [6, 6.07) is 12.7. The molecule has 2 aromatic heterocycles. The van der Waals surface area contributed by atoms with Crippen LogP contribution in [0.4, 0.5) is 0 Å². The second kappa shape index (κ2) is 10.8.